The van der Waals surface area contributed by atoms with E-state index in [4.69, 9.17) is 14.2 Å². The minimum absolute atomic E-state index is 0. The van der Waals surface area contributed by atoms with E-state index in [2.05, 4.69) is 20.6 Å². The number of guanidine groups is 1. The number of rotatable bonds is 10. The van der Waals surface area contributed by atoms with E-state index in [1.165, 1.54) is 0 Å². The fraction of sp³-hybridized carbons (Fsp3) is 0.455. The van der Waals surface area contributed by atoms with E-state index in [0.29, 0.717) is 12.4 Å². The van der Waals surface area contributed by atoms with Crippen molar-refractivity contribution in [3.8, 4) is 17.4 Å². The van der Waals surface area contributed by atoms with Gasteiger partial charge in [0.05, 0.1) is 26.9 Å². The average Bonchev–Trinajstić information content (AvgIpc) is 2.72. The molecule has 2 N–H and O–H groups in total. The second-order valence-corrected chi connectivity index (χ2v) is 6.73. The Bertz CT molecular complexity index is 782. The van der Waals surface area contributed by atoms with Crippen LogP contribution in [0.15, 0.2) is 41.5 Å². The highest BCUT2D eigenvalue weighted by atomic mass is 127. The molecule has 166 valence electrons. The molecule has 0 unspecified atom stereocenters. The van der Waals surface area contributed by atoms with Crippen molar-refractivity contribution >= 4 is 29.9 Å². The number of ether oxygens (including phenoxy) is 3. The molecular weight excluding hydrogens is 495 g/mol. The third-order valence-electron chi connectivity index (χ3n) is 4.07. The Morgan fingerprint density at radius 2 is 1.77 bits per heavy atom. The minimum Gasteiger partial charge on any atom is -0.493 e. The van der Waals surface area contributed by atoms with Crippen molar-refractivity contribution in [3.05, 3.63) is 47.7 Å². The van der Waals surface area contributed by atoms with Crippen LogP contribution in [-0.2, 0) is 13.0 Å². The predicted octanol–water partition coefficient (Wildman–Crippen LogP) is 3.80. The number of benzene rings is 1. The first-order valence-corrected chi connectivity index (χ1v) is 9.90. The number of halogens is 1. The summed E-state index contributed by atoms with van der Waals surface area (Å²) in [4.78, 5) is 8.96. The molecule has 0 amide bonds. The molecule has 0 aliphatic carbocycles. The number of nitrogens with one attached hydrogen (secondary N) is 2. The van der Waals surface area contributed by atoms with Gasteiger partial charge in [0.15, 0.2) is 17.5 Å². The molecule has 8 heteroatoms. The van der Waals surface area contributed by atoms with E-state index in [1.807, 2.05) is 51.1 Å². The monoisotopic (exact) mass is 528 g/mol. The van der Waals surface area contributed by atoms with Gasteiger partial charge in [0, 0.05) is 25.4 Å². The summed E-state index contributed by atoms with van der Waals surface area (Å²) >= 11 is 0. The fourth-order valence-corrected chi connectivity index (χ4v) is 2.69. The van der Waals surface area contributed by atoms with Crippen molar-refractivity contribution in [1.82, 2.24) is 15.6 Å². The van der Waals surface area contributed by atoms with Crippen molar-refractivity contribution in [3.63, 3.8) is 0 Å². The molecule has 0 atom stereocenters. The summed E-state index contributed by atoms with van der Waals surface area (Å²) in [5.41, 5.74) is 2.19. The largest absolute Gasteiger partial charge is 0.493 e. The van der Waals surface area contributed by atoms with E-state index >= 15 is 0 Å². The Kier molecular flexibility index (Phi) is 12.0. The molecule has 2 rings (SSSR count). The van der Waals surface area contributed by atoms with Gasteiger partial charge in [-0.05, 0) is 50.5 Å². The molecule has 0 bridgehead atoms. The smallest absolute Gasteiger partial charge is 0.213 e. The Hall–Kier alpha value is -2.23. The van der Waals surface area contributed by atoms with E-state index < -0.39 is 0 Å². The van der Waals surface area contributed by atoms with Gasteiger partial charge >= 0.3 is 0 Å². The maximum Gasteiger partial charge on any atom is 0.213 e. The third kappa shape index (κ3) is 8.64. The summed E-state index contributed by atoms with van der Waals surface area (Å²) in [6.07, 6.45) is 2.75. The quantitative estimate of drug-likeness (QED) is 0.278. The summed E-state index contributed by atoms with van der Waals surface area (Å²) in [6, 6.07) is 9.83. The van der Waals surface area contributed by atoms with Gasteiger partial charge in [-0.3, -0.25) is 0 Å². The van der Waals surface area contributed by atoms with Gasteiger partial charge in [-0.25, -0.2) is 9.98 Å². The molecule has 1 heterocycles. The van der Waals surface area contributed by atoms with Crippen LogP contribution in [0, 0.1) is 0 Å². The van der Waals surface area contributed by atoms with Crippen molar-refractivity contribution in [2.24, 2.45) is 4.99 Å². The Morgan fingerprint density at radius 1 is 1.03 bits per heavy atom. The minimum atomic E-state index is 0. The highest BCUT2D eigenvalue weighted by Crippen LogP contribution is 2.27. The van der Waals surface area contributed by atoms with Gasteiger partial charge in [-0.1, -0.05) is 12.1 Å². The molecule has 0 saturated carbocycles. The van der Waals surface area contributed by atoms with Crippen LogP contribution in [0.4, 0.5) is 0 Å². The van der Waals surface area contributed by atoms with E-state index in [9.17, 15) is 0 Å². The molecule has 2 aromatic rings. The summed E-state index contributed by atoms with van der Waals surface area (Å²) < 4.78 is 16.2. The van der Waals surface area contributed by atoms with Gasteiger partial charge < -0.3 is 24.8 Å². The first kappa shape index (κ1) is 25.8. The third-order valence-corrected chi connectivity index (χ3v) is 4.07. The van der Waals surface area contributed by atoms with Crippen LogP contribution < -0.4 is 24.8 Å². The second kappa shape index (κ2) is 13.9. The average molecular weight is 528 g/mol. The van der Waals surface area contributed by atoms with Gasteiger partial charge in [0.1, 0.15) is 0 Å². The van der Waals surface area contributed by atoms with Gasteiger partial charge in [-0.15, -0.1) is 24.0 Å². The lowest BCUT2D eigenvalue weighted by Crippen LogP contribution is -2.38. The summed E-state index contributed by atoms with van der Waals surface area (Å²) in [7, 11) is 3.28. The first-order valence-electron chi connectivity index (χ1n) is 9.90. The molecule has 1 aromatic heterocycles. The number of hydrogen-bond acceptors (Lipinski definition) is 5. The molecule has 30 heavy (non-hydrogen) atoms. The number of aromatic nitrogens is 1. The summed E-state index contributed by atoms with van der Waals surface area (Å²) in [6.45, 7) is 8.10. The molecule has 0 aliphatic heterocycles. The van der Waals surface area contributed by atoms with E-state index in [1.54, 1.807) is 20.4 Å². The summed E-state index contributed by atoms with van der Waals surface area (Å²) in [5.74, 6) is 2.88. The molecular formula is C22H33IN4O3. The van der Waals surface area contributed by atoms with Gasteiger partial charge in [-0.2, -0.15) is 0 Å². The highest BCUT2D eigenvalue weighted by Gasteiger charge is 2.05. The van der Waals surface area contributed by atoms with E-state index in [0.717, 1.165) is 48.1 Å². The highest BCUT2D eigenvalue weighted by molar-refractivity contribution is 14.0. The maximum atomic E-state index is 5.57. The number of aliphatic imine (C=N–C) groups is 1. The van der Waals surface area contributed by atoms with Crippen LogP contribution in [0.3, 0.4) is 0 Å². The van der Waals surface area contributed by atoms with Crippen molar-refractivity contribution in [1.29, 1.82) is 0 Å². The molecule has 0 radical (unpaired) electrons. The second-order valence-electron chi connectivity index (χ2n) is 6.73. The van der Waals surface area contributed by atoms with Crippen LogP contribution in [-0.4, -0.2) is 44.4 Å². The van der Waals surface area contributed by atoms with E-state index in [-0.39, 0.29) is 30.1 Å². The SMILES string of the molecule is CCNC(=NCc1ccc(OC(C)C)nc1)NCCc1ccc(OC)c(OC)c1.I. The number of pyridine rings is 1. The van der Waals surface area contributed by atoms with Crippen LogP contribution >= 0.6 is 24.0 Å². The van der Waals surface area contributed by atoms with Gasteiger partial charge in [0.25, 0.3) is 0 Å². The lowest BCUT2D eigenvalue weighted by Gasteiger charge is -2.13. The zero-order valence-corrected chi connectivity index (χ0v) is 20.7. The lowest BCUT2D eigenvalue weighted by atomic mass is 10.1. The number of hydrogen-bond donors (Lipinski definition) is 2. The normalized spacial score (nSPS) is 10.9. The lowest BCUT2D eigenvalue weighted by molar-refractivity contribution is 0.232. The van der Waals surface area contributed by atoms with Crippen molar-refractivity contribution in [2.75, 3.05) is 27.3 Å². The molecule has 7 nitrogen and oxygen atoms in total. The summed E-state index contributed by atoms with van der Waals surface area (Å²) in [5, 5.41) is 6.63. The number of methoxy groups -OCH3 is 2. The zero-order valence-electron chi connectivity index (χ0n) is 18.4. The van der Waals surface area contributed by atoms with Crippen LogP contribution in [0.2, 0.25) is 0 Å². The molecule has 1 aromatic carbocycles. The van der Waals surface area contributed by atoms with Crippen LogP contribution in [0.5, 0.6) is 17.4 Å². The fourth-order valence-electron chi connectivity index (χ4n) is 2.69. The van der Waals surface area contributed by atoms with Crippen LogP contribution in [0.25, 0.3) is 0 Å². The molecule has 0 aliphatic rings. The van der Waals surface area contributed by atoms with Crippen molar-refractivity contribution < 1.29 is 14.2 Å². The Morgan fingerprint density at radius 3 is 2.37 bits per heavy atom. The first-order chi connectivity index (χ1) is 14.0. The molecule has 0 fully saturated rings. The zero-order chi connectivity index (χ0) is 21.1. The Balaban J connectivity index is 0.00000450. The standard InChI is InChI=1S/C22H32N4O3.HI/c1-6-23-22(26-15-18-8-10-21(25-14-18)29-16(2)3)24-12-11-17-7-9-19(27-4)20(13-17)28-5;/h7-10,13-14,16H,6,11-12,15H2,1-5H3,(H2,23,24,26);1H. The van der Waals surface area contributed by atoms with Gasteiger partial charge in [0.2, 0.25) is 5.88 Å². The van der Waals surface area contributed by atoms with Crippen LogP contribution in [0.1, 0.15) is 31.9 Å². The topological polar surface area (TPSA) is 77.0 Å². The predicted molar refractivity (Wildman–Crippen MR) is 131 cm³/mol. The van der Waals surface area contributed by atoms with Crippen molar-refractivity contribution in [2.45, 2.75) is 39.8 Å². The maximum absolute atomic E-state index is 5.57. The molecule has 0 saturated heterocycles. The number of nitrogens with zero attached hydrogens (tertiary/aromatic N) is 2. The Labute approximate surface area is 196 Å². The molecule has 0 spiro atoms.